The fourth-order valence-corrected chi connectivity index (χ4v) is 4.72. The van der Waals surface area contributed by atoms with E-state index in [1.165, 1.54) is 23.5 Å². The normalized spacial score (nSPS) is 12.6. The number of hydrogen-bond acceptors (Lipinski definition) is 7. The largest absolute Gasteiger partial charge is 0.462 e. The Morgan fingerprint density at radius 3 is 2.54 bits per heavy atom. The second-order valence-electron chi connectivity index (χ2n) is 5.96. The molecule has 1 N–H and O–H groups in total. The second kappa shape index (κ2) is 8.17. The van der Waals surface area contributed by atoms with E-state index in [1.54, 1.807) is 43.3 Å². The lowest BCUT2D eigenvalue weighted by Gasteiger charge is -2.12. The van der Waals surface area contributed by atoms with Crippen molar-refractivity contribution in [3.8, 4) is 0 Å². The van der Waals surface area contributed by atoms with E-state index < -0.39 is 27.1 Å². The van der Waals surface area contributed by atoms with Crippen LogP contribution in [0, 0.1) is 0 Å². The average molecular weight is 419 g/mol. The van der Waals surface area contributed by atoms with Crippen molar-refractivity contribution in [3.05, 3.63) is 64.7 Å². The van der Waals surface area contributed by atoms with Gasteiger partial charge in [-0.25, -0.2) is 9.78 Å². The molecule has 0 saturated carbocycles. The molecule has 0 saturated heterocycles. The maximum absolute atomic E-state index is 12.7. The van der Waals surface area contributed by atoms with Gasteiger partial charge in [0.05, 0.1) is 28.8 Å². The Hall–Kier alpha value is -2.62. The molecule has 0 fully saturated rings. The fraction of sp³-hybridized carbons (Fsp3) is 0.211. The molecule has 0 aliphatic heterocycles. The standard InChI is InChI=1S/C19H17NO6S2/c1-2-26-19(22)13-8-9-14-16(10-13)27-17(20-14)11-15(21)18(28(23,24)25)12-6-4-3-5-7-12/h3-10,18H,2,11H2,1H3,(H,23,24,25). The molecule has 3 rings (SSSR count). The van der Waals surface area contributed by atoms with Crippen LogP contribution in [0.15, 0.2) is 48.5 Å². The molecule has 2 aromatic carbocycles. The van der Waals surface area contributed by atoms with Crippen LogP contribution >= 0.6 is 11.3 Å². The lowest BCUT2D eigenvalue weighted by molar-refractivity contribution is -0.118. The lowest BCUT2D eigenvalue weighted by atomic mass is 10.1. The number of rotatable bonds is 7. The number of carbonyl (C=O) groups excluding carboxylic acids is 2. The number of ether oxygens (including phenoxy) is 1. The van der Waals surface area contributed by atoms with Crippen molar-refractivity contribution >= 4 is 43.4 Å². The molecule has 28 heavy (non-hydrogen) atoms. The molecule has 0 aliphatic rings. The predicted molar refractivity (Wildman–Crippen MR) is 105 cm³/mol. The van der Waals surface area contributed by atoms with Gasteiger partial charge in [0.1, 0.15) is 5.01 Å². The van der Waals surface area contributed by atoms with Gasteiger partial charge in [0, 0.05) is 0 Å². The van der Waals surface area contributed by atoms with Crippen molar-refractivity contribution in [3.63, 3.8) is 0 Å². The van der Waals surface area contributed by atoms with Gasteiger partial charge in [-0.2, -0.15) is 8.42 Å². The number of thiazole rings is 1. The van der Waals surface area contributed by atoms with Gasteiger partial charge >= 0.3 is 5.97 Å². The van der Waals surface area contributed by atoms with Crippen molar-refractivity contribution in [1.82, 2.24) is 4.98 Å². The number of Topliss-reactive ketones (excluding diaryl/α,β-unsaturated/α-hetero) is 1. The Labute approximate surface area is 165 Å². The van der Waals surface area contributed by atoms with Gasteiger partial charge in [-0.3, -0.25) is 9.35 Å². The van der Waals surface area contributed by atoms with E-state index in [0.29, 0.717) is 20.8 Å². The summed E-state index contributed by atoms with van der Waals surface area (Å²) in [5.41, 5.74) is 1.15. The molecule has 7 nitrogen and oxygen atoms in total. The molecule has 1 atom stereocenters. The third-order valence-corrected chi connectivity index (χ3v) is 6.11. The van der Waals surface area contributed by atoms with Gasteiger partial charge in [-0.15, -0.1) is 11.3 Å². The smallest absolute Gasteiger partial charge is 0.338 e. The molecule has 1 heterocycles. The average Bonchev–Trinajstić information content (AvgIpc) is 3.02. The number of aromatic nitrogens is 1. The molecule has 0 amide bonds. The minimum absolute atomic E-state index is 0.195. The quantitative estimate of drug-likeness (QED) is 0.462. The van der Waals surface area contributed by atoms with Crippen molar-refractivity contribution in [1.29, 1.82) is 0 Å². The Morgan fingerprint density at radius 2 is 1.89 bits per heavy atom. The molecule has 0 bridgehead atoms. The summed E-state index contributed by atoms with van der Waals surface area (Å²) in [5, 5.41) is -1.28. The van der Waals surface area contributed by atoms with Crippen molar-refractivity contribution in [2.75, 3.05) is 6.61 Å². The highest BCUT2D eigenvalue weighted by atomic mass is 32.2. The SMILES string of the molecule is CCOC(=O)c1ccc2nc(CC(=O)C(c3ccccc3)S(=O)(=O)O)sc2c1. The molecule has 9 heteroatoms. The van der Waals surface area contributed by atoms with Crippen LogP contribution in [-0.2, 0) is 26.1 Å². The summed E-state index contributed by atoms with van der Waals surface area (Å²) in [5.74, 6) is -1.13. The maximum Gasteiger partial charge on any atom is 0.338 e. The molecule has 1 unspecified atom stereocenters. The van der Waals surface area contributed by atoms with Gasteiger partial charge in [-0.05, 0) is 30.7 Å². The number of hydrogen-bond donors (Lipinski definition) is 1. The number of ketones is 1. The van der Waals surface area contributed by atoms with E-state index in [0.717, 1.165) is 0 Å². The number of esters is 1. The number of benzene rings is 2. The number of nitrogens with zero attached hydrogens (tertiary/aromatic N) is 1. The number of fused-ring (bicyclic) bond motifs is 1. The Kier molecular flexibility index (Phi) is 5.87. The molecule has 1 aromatic heterocycles. The monoisotopic (exact) mass is 419 g/mol. The van der Waals surface area contributed by atoms with Crippen LogP contribution in [0.2, 0.25) is 0 Å². The van der Waals surface area contributed by atoms with Crippen LogP contribution in [0.5, 0.6) is 0 Å². The Bertz CT molecular complexity index is 1120. The van der Waals surface area contributed by atoms with E-state index >= 15 is 0 Å². The van der Waals surface area contributed by atoms with E-state index in [1.807, 2.05) is 0 Å². The highest BCUT2D eigenvalue weighted by Crippen LogP contribution is 2.28. The fourth-order valence-electron chi connectivity index (χ4n) is 2.78. The van der Waals surface area contributed by atoms with E-state index in [4.69, 9.17) is 4.74 Å². The Morgan fingerprint density at radius 1 is 1.18 bits per heavy atom. The molecule has 3 aromatic rings. The van der Waals surface area contributed by atoms with Crippen LogP contribution in [-0.4, -0.2) is 36.3 Å². The zero-order valence-electron chi connectivity index (χ0n) is 14.9. The third-order valence-electron chi connectivity index (χ3n) is 3.96. The summed E-state index contributed by atoms with van der Waals surface area (Å²) in [6.07, 6.45) is -0.257. The summed E-state index contributed by atoms with van der Waals surface area (Å²) < 4.78 is 38.8. The first-order valence-electron chi connectivity index (χ1n) is 8.40. The van der Waals surface area contributed by atoms with Crippen LogP contribution in [0.3, 0.4) is 0 Å². The van der Waals surface area contributed by atoms with Gasteiger partial charge in [0.2, 0.25) is 0 Å². The van der Waals surface area contributed by atoms with E-state index in [2.05, 4.69) is 4.98 Å². The first-order chi connectivity index (χ1) is 13.3. The zero-order chi connectivity index (χ0) is 20.3. The number of carbonyl (C=O) groups is 2. The topological polar surface area (TPSA) is 111 Å². The van der Waals surface area contributed by atoms with Crippen molar-refractivity contribution < 1.29 is 27.3 Å². The Balaban J connectivity index is 1.88. The van der Waals surface area contributed by atoms with E-state index in [-0.39, 0.29) is 18.6 Å². The second-order valence-corrected chi connectivity index (χ2v) is 8.58. The molecule has 0 aliphatic carbocycles. The van der Waals surface area contributed by atoms with Gasteiger partial charge in [0.15, 0.2) is 11.0 Å². The zero-order valence-corrected chi connectivity index (χ0v) is 16.5. The summed E-state index contributed by atoms with van der Waals surface area (Å²) in [7, 11) is -4.63. The maximum atomic E-state index is 12.7. The lowest BCUT2D eigenvalue weighted by Crippen LogP contribution is -2.23. The van der Waals surface area contributed by atoms with Crippen LogP contribution in [0.25, 0.3) is 10.2 Å². The summed E-state index contributed by atoms with van der Waals surface area (Å²) in [4.78, 5) is 28.8. The first kappa shape index (κ1) is 20.1. The molecule has 0 spiro atoms. The molecule has 146 valence electrons. The van der Waals surface area contributed by atoms with Crippen LogP contribution in [0.4, 0.5) is 0 Å². The predicted octanol–water partition coefficient (Wildman–Crippen LogP) is 3.21. The minimum Gasteiger partial charge on any atom is -0.462 e. The van der Waals surface area contributed by atoms with Gasteiger partial charge in [0.25, 0.3) is 10.1 Å². The molecule has 0 radical (unpaired) electrons. The third kappa shape index (κ3) is 4.44. The van der Waals surface area contributed by atoms with E-state index in [9.17, 15) is 22.6 Å². The van der Waals surface area contributed by atoms with Crippen LogP contribution in [0.1, 0.15) is 33.1 Å². The van der Waals surface area contributed by atoms with Gasteiger partial charge in [-0.1, -0.05) is 30.3 Å². The van der Waals surface area contributed by atoms with Crippen molar-refractivity contribution in [2.45, 2.75) is 18.6 Å². The van der Waals surface area contributed by atoms with Crippen molar-refractivity contribution in [2.24, 2.45) is 0 Å². The minimum atomic E-state index is -4.63. The highest BCUT2D eigenvalue weighted by Gasteiger charge is 2.33. The highest BCUT2D eigenvalue weighted by molar-refractivity contribution is 7.86. The summed E-state index contributed by atoms with van der Waals surface area (Å²) in [6.45, 7) is 1.97. The van der Waals surface area contributed by atoms with Gasteiger partial charge < -0.3 is 4.74 Å². The molecular formula is C19H17NO6S2. The summed E-state index contributed by atoms with van der Waals surface area (Å²) >= 11 is 1.18. The molecular weight excluding hydrogens is 402 g/mol. The first-order valence-corrected chi connectivity index (χ1v) is 10.7. The van der Waals surface area contributed by atoms with Crippen LogP contribution < -0.4 is 0 Å². The summed E-state index contributed by atoms with van der Waals surface area (Å²) in [6, 6.07) is 12.7.